The zero-order valence-electron chi connectivity index (χ0n) is 20.1. The highest BCUT2D eigenvalue weighted by Gasteiger charge is 2.32. The maximum absolute atomic E-state index is 13.7. The van der Waals surface area contributed by atoms with Crippen molar-refractivity contribution in [2.45, 2.75) is 36.1 Å². The van der Waals surface area contributed by atoms with Crippen LogP contribution in [0.15, 0.2) is 90.7 Å². The number of aromatic nitrogens is 2. The van der Waals surface area contributed by atoms with E-state index in [0.717, 1.165) is 34.8 Å². The van der Waals surface area contributed by atoms with Crippen LogP contribution in [0, 0.1) is 0 Å². The minimum absolute atomic E-state index is 0.0427. The average molecular weight is 503 g/mol. The summed E-state index contributed by atoms with van der Waals surface area (Å²) in [6.07, 6.45) is 16.3. The van der Waals surface area contributed by atoms with Gasteiger partial charge < -0.3 is 21.1 Å². The molecule has 2 aliphatic carbocycles. The molecule has 4 atom stereocenters. The van der Waals surface area contributed by atoms with Gasteiger partial charge in [-0.2, -0.15) is 11.8 Å². The van der Waals surface area contributed by atoms with Crippen molar-refractivity contribution < 1.29 is 14.7 Å². The first-order chi connectivity index (χ1) is 17.4. The molecule has 1 aromatic carbocycles. The van der Waals surface area contributed by atoms with E-state index >= 15 is 0 Å². The molecule has 0 bridgehead atoms. The van der Waals surface area contributed by atoms with Gasteiger partial charge in [0.25, 0.3) is 0 Å². The quantitative estimate of drug-likeness (QED) is 0.378. The van der Waals surface area contributed by atoms with Crippen molar-refractivity contribution in [3.8, 4) is 0 Å². The Bertz CT molecular complexity index is 1260. The van der Waals surface area contributed by atoms with Crippen molar-refractivity contribution in [1.29, 1.82) is 0 Å². The van der Waals surface area contributed by atoms with E-state index in [-0.39, 0.29) is 24.2 Å². The number of hydrogen-bond donors (Lipinski definition) is 4. The van der Waals surface area contributed by atoms with Crippen LogP contribution < -0.4 is 11.1 Å². The van der Waals surface area contributed by atoms with Crippen LogP contribution >= 0.6 is 11.8 Å². The van der Waals surface area contributed by atoms with Crippen LogP contribution in [-0.2, 0) is 9.59 Å². The molecule has 7 nitrogen and oxygen atoms in total. The third kappa shape index (κ3) is 5.61. The highest BCUT2D eigenvalue weighted by molar-refractivity contribution is 8.00. The molecule has 0 aliphatic heterocycles. The molecule has 2 aromatic rings. The molecule has 5 N–H and O–H groups in total. The summed E-state index contributed by atoms with van der Waals surface area (Å²) in [6.45, 7) is 4.24. The van der Waals surface area contributed by atoms with Gasteiger partial charge in [0, 0.05) is 11.5 Å². The van der Waals surface area contributed by atoms with Crippen LogP contribution in [0.4, 0.5) is 5.82 Å². The zero-order valence-corrected chi connectivity index (χ0v) is 20.9. The molecule has 0 amide bonds. The number of H-pyrrole nitrogens is 1. The van der Waals surface area contributed by atoms with Crippen LogP contribution in [0.1, 0.15) is 30.1 Å². The lowest BCUT2D eigenvalue weighted by Crippen LogP contribution is -2.37. The minimum Gasteiger partial charge on any atom is -0.480 e. The molecular formula is C28H30N4O3S. The number of carbonyl (C=O) groups excluding carboxylic acids is 1. The summed E-state index contributed by atoms with van der Waals surface area (Å²) in [5, 5.41) is 12.2. The molecule has 2 aliphatic rings. The molecule has 36 heavy (non-hydrogen) atoms. The summed E-state index contributed by atoms with van der Waals surface area (Å²) in [4.78, 5) is 33.0. The number of carboxylic acid groups (broad SMARTS) is 1. The fourth-order valence-corrected chi connectivity index (χ4v) is 5.13. The summed E-state index contributed by atoms with van der Waals surface area (Å²) in [7, 11) is 0. The molecule has 0 fully saturated rings. The van der Waals surface area contributed by atoms with Crippen LogP contribution in [-0.4, -0.2) is 50.4 Å². The van der Waals surface area contributed by atoms with E-state index in [2.05, 4.69) is 34.0 Å². The smallest absolute Gasteiger partial charge is 0.320 e. The maximum Gasteiger partial charge on any atom is 0.320 e. The number of allylic oxidation sites excluding steroid dienone is 6. The van der Waals surface area contributed by atoms with Crippen LogP contribution in [0.5, 0.6) is 0 Å². The Hall–Kier alpha value is -3.62. The minimum atomic E-state index is -1.12. The molecule has 8 heteroatoms. The number of imidazole rings is 1. The SMILES string of the molecule is C=C1C=CC(C(=O)C(C[C@H](N)C(=O)O)SC)=C(c2ccccc2)C1Nc1cnc(C2C=CC=CC2)[nH]1. The lowest BCUT2D eigenvalue weighted by Gasteiger charge is -2.29. The first-order valence-electron chi connectivity index (χ1n) is 11.8. The Morgan fingerprint density at radius 1 is 1.28 bits per heavy atom. The fraction of sp³-hybridized carbons (Fsp3) is 0.250. The van der Waals surface area contributed by atoms with Crippen molar-refractivity contribution in [2.24, 2.45) is 5.73 Å². The number of nitrogens with one attached hydrogen (secondary N) is 2. The molecule has 0 saturated heterocycles. The molecule has 0 spiro atoms. The van der Waals surface area contributed by atoms with Gasteiger partial charge in [0.05, 0.1) is 17.5 Å². The molecule has 1 aromatic heterocycles. The monoisotopic (exact) mass is 502 g/mol. The number of hydrogen-bond acceptors (Lipinski definition) is 6. The van der Waals surface area contributed by atoms with E-state index in [4.69, 9.17) is 5.73 Å². The van der Waals surface area contributed by atoms with Gasteiger partial charge in [0.2, 0.25) is 0 Å². The number of carbonyl (C=O) groups is 2. The van der Waals surface area contributed by atoms with Gasteiger partial charge in [-0.05, 0) is 35.8 Å². The van der Waals surface area contributed by atoms with Crippen molar-refractivity contribution in [2.75, 3.05) is 11.6 Å². The number of nitrogens with two attached hydrogens (primary N) is 1. The third-order valence-electron chi connectivity index (χ3n) is 6.35. The number of nitrogens with zero attached hydrogens (tertiary/aromatic N) is 1. The topological polar surface area (TPSA) is 121 Å². The largest absolute Gasteiger partial charge is 0.480 e. The highest BCUT2D eigenvalue weighted by Crippen LogP contribution is 2.36. The summed E-state index contributed by atoms with van der Waals surface area (Å²) >= 11 is 1.31. The number of anilines is 1. The maximum atomic E-state index is 13.7. The van der Waals surface area contributed by atoms with Gasteiger partial charge in [0.1, 0.15) is 17.7 Å². The standard InChI is InChI=1S/C28H30N4O3S/c1-17-13-14-20(26(33)22(36-2)15-21(29)28(34)35)24(18-9-5-3-6-10-18)25(17)31-23-16-30-27(32-23)19-11-7-4-8-12-19/h3-11,13-14,16,19,21-22,25,31H,1,12,15,29H2,2H3,(H,30,32)(H,34,35)/t19?,21-,22?,25?/m0/s1. The van der Waals surface area contributed by atoms with Gasteiger partial charge in [-0.3, -0.25) is 9.59 Å². The molecular weight excluding hydrogens is 472 g/mol. The Labute approximate surface area is 215 Å². The predicted octanol–water partition coefficient (Wildman–Crippen LogP) is 4.47. The number of Topliss-reactive ketones (excluding diaryl/α,β-unsaturated/α-hetero) is 1. The van der Waals surface area contributed by atoms with Gasteiger partial charge in [-0.1, -0.05) is 73.4 Å². The highest BCUT2D eigenvalue weighted by atomic mass is 32.2. The number of rotatable bonds is 10. The van der Waals surface area contributed by atoms with E-state index in [1.807, 2.05) is 48.6 Å². The summed E-state index contributed by atoms with van der Waals surface area (Å²) < 4.78 is 0. The van der Waals surface area contributed by atoms with Gasteiger partial charge >= 0.3 is 5.97 Å². The Morgan fingerprint density at radius 3 is 2.72 bits per heavy atom. The summed E-state index contributed by atoms with van der Waals surface area (Å²) in [5.41, 5.74) is 8.75. The predicted molar refractivity (Wildman–Crippen MR) is 146 cm³/mol. The Morgan fingerprint density at radius 2 is 2.06 bits per heavy atom. The van der Waals surface area contributed by atoms with Crippen molar-refractivity contribution in [1.82, 2.24) is 9.97 Å². The van der Waals surface area contributed by atoms with Crippen molar-refractivity contribution in [3.63, 3.8) is 0 Å². The van der Waals surface area contributed by atoms with Gasteiger partial charge in [0.15, 0.2) is 5.78 Å². The summed E-state index contributed by atoms with van der Waals surface area (Å²) in [6, 6.07) is 8.18. The van der Waals surface area contributed by atoms with Crippen molar-refractivity contribution in [3.05, 3.63) is 102 Å². The number of aromatic amines is 1. The second-order valence-corrected chi connectivity index (χ2v) is 9.83. The number of aliphatic carboxylic acids is 1. The number of benzene rings is 1. The molecule has 186 valence electrons. The summed E-state index contributed by atoms with van der Waals surface area (Å²) in [5.74, 6) is 0.496. The van der Waals surface area contributed by atoms with E-state index in [0.29, 0.717) is 5.57 Å². The average Bonchev–Trinajstić information content (AvgIpc) is 3.37. The molecule has 1 heterocycles. The first-order valence-corrected chi connectivity index (χ1v) is 13.0. The second-order valence-electron chi connectivity index (χ2n) is 8.79. The van der Waals surface area contributed by atoms with Crippen molar-refractivity contribution >= 4 is 34.9 Å². The number of thioether (sulfide) groups is 1. The Balaban J connectivity index is 1.69. The van der Waals surface area contributed by atoms with E-state index < -0.39 is 17.3 Å². The normalized spacial score (nSPS) is 20.9. The van der Waals surface area contributed by atoms with Crippen LogP contribution in [0.3, 0.4) is 0 Å². The number of ketones is 1. The van der Waals surface area contributed by atoms with E-state index in [1.165, 1.54) is 11.8 Å². The molecule has 3 unspecified atom stereocenters. The number of carboxylic acids is 1. The van der Waals surface area contributed by atoms with E-state index in [1.54, 1.807) is 18.5 Å². The molecule has 4 rings (SSSR count). The second kappa shape index (κ2) is 11.4. The fourth-order valence-electron chi connectivity index (χ4n) is 4.39. The molecule has 0 saturated carbocycles. The third-order valence-corrected chi connectivity index (χ3v) is 7.33. The van der Waals surface area contributed by atoms with Crippen LogP contribution in [0.25, 0.3) is 5.57 Å². The van der Waals surface area contributed by atoms with Crippen LogP contribution in [0.2, 0.25) is 0 Å². The van der Waals surface area contributed by atoms with Gasteiger partial charge in [-0.25, -0.2) is 4.98 Å². The van der Waals surface area contributed by atoms with E-state index in [9.17, 15) is 14.7 Å². The Kier molecular flexibility index (Phi) is 8.07. The molecule has 0 radical (unpaired) electrons. The zero-order chi connectivity index (χ0) is 25.7. The van der Waals surface area contributed by atoms with Gasteiger partial charge in [-0.15, -0.1) is 0 Å². The first kappa shape index (κ1) is 25.5. The lowest BCUT2D eigenvalue weighted by atomic mass is 9.82. The lowest BCUT2D eigenvalue weighted by molar-refractivity contribution is -0.138.